The molecule has 0 unspecified atom stereocenters. The van der Waals surface area contributed by atoms with Gasteiger partial charge in [0.15, 0.2) is 0 Å². The first-order chi connectivity index (χ1) is 12.7. The van der Waals surface area contributed by atoms with Gasteiger partial charge in [-0.25, -0.2) is 4.79 Å². The molecule has 8 heteroatoms. The zero-order chi connectivity index (χ0) is 19.3. The van der Waals surface area contributed by atoms with Crippen molar-refractivity contribution in [1.29, 1.82) is 0 Å². The predicted octanol–water partition coefficient (Wildman–Crippen LogP) is 2.81. The lowest BCUT2D eigenvalue weighted by Gasteiger charge is -2.39. The van der Waals surface area contributed by atoms with E-state index in [1.165, 1.54) is 0 Å². The van der Waals surface area contributed by atoms with Crippen LogP contribution in [0.4, 0.5) is 10.5 Å². The van der Waals surface area contributed by atoms with E-state index in [2.05, 4.69) is 10.2 Å². The van der Waals surface area contributed by atoms with Gasteiger partial charge in [0.1, 0.15) is 5.60 Å². The Balaban J connectivity index is 1.50. The lowest BCUT2D eigenvalue weighted by molar-refractivity contribution is -0.000380. The number of hydrogen-bond acceptors (Lipinski definition) is 5. The highest BCUT2D eigenvalue weighted by Crippen LogP contribution is 2.32. The fourth-order valence-corrected chi connectivity index (χ4v) is 3.24. The van der Waals surface area contributed by atoms with Crippen LogP contribution in [0.15, 0.2) is 30.7 Å². The number of rotatable bonds is 2. The summed E-state index contributed by atoms with van der Waals surface area (Å²) in [7, 11) is 1.91. The monoisotopic (exact) mass is 368 g/mol. The summed E-state index contributed by atoms with van der Waals surface area (Å²) in [6.07, 6.45) is 5.31. The molecule has 27 heavy (non-hydrogen) atoms. The molecular formula is C19H24N6O2. The van der Waals surface area contributed by atoms with Gasteiger partial charge >= 0.3 is 6.09 Å². The largest absolute Gasteiger partial charge is 0.444 e. The van der Waals surface area contributed by atoms with Crippen molar-refractivity contribution in [2.45, 2.75) is 32.4 Å². The Hall–Kier alpha value is -3.03. The van der Waals surface area contributed by atoms with Gasteiger partial charge < -0.3 is 15.4 Å². The number of amides is 1. The molecular weight excluding hydrogens is 344 g/mol. The quantitative estimate of drug-likeness (QED) is 0.702. The molecule has 1 amide bonds. The predicted molar refractivity (Wildman–Crippen MR) is 103 cm³/mol. The number of aryl methyl sites for hydroxylation is 1. The van der Waals surface area contributed by atoms with Crippen molar-refractivity contribution in [3.05, 3.63) is 30.7 Å². The van der Waals surface area contributed by atoms with E-state index in [0.29, 0.717) is 18.8 Å². The van der Waals surface area contributed by atoms with E-state index in [1.807, 2.05) is 61.7 Å². The van der Waals surface area contributed by atoms with Crippen LogP contribution >= 0.6 is 0 Å². The number of hydrogen-bond donors (Lipinski definition) is 1. The van der Waals surface area contributed by atoms with Crippen LogP contribution in [0.2, 0.25) is 0 Å². The van der Waals surface area contributed by atoms with Gasteiger partial charge in [-0.05, 0) is 32.9 Å². The molecule has 1 aromatic carbocycles. The second-order valence-electron chi connectivity index (χ2n) is 8.01. The van der Waals surface area contributed by atoms with Crippen molar-refractivity contribution in [3.8, 4) is 11.1 Å². The van der Waals surface area contributed by atoms with Crippen molar-refractivity contribution >= 4 is 22.7 Å². The van der Waals surface area contributed by atoms with Crippen LogP contribution in [0.3, 0.4) is 0 Å². The van der Waals surface area contributed by atoms with Gasteiger partial charge in [-0.1, -0.05) is 0 Å². The van der Waals surface area contributed by atoms with Crippen LogP contribution < -0.4 is 5.73 Å². The standard InChI is InChI=1S/C19H24N6O2/c1-19(2,3)27-18(26)24-10-14(11-24)25-9-13(8-22-25)15-6-17-12(5-16(15)20)7-21-23(17)4/h5-9,14H,10-11,20H2,1-4H3. The molecule has 3 heterocycles. The number of nitrogen functional groups attached to an aromatic ring is 1. The smallest absolute Gasteiger partial charge is 0.410 e. The molecule has 8 nitrogen and oxygen atoms in total. The lowest BCUT2D eigenvalue weighted by atomic mass is 10.1. The number of aromatic nitrogens is 4. The number of nitrogens with two attached hydrogens (primary N) is 1. The number of benzene rings is 1. The third kappa shape index (κ3) is 3.22. The highest BCUT2D eigenvalue weighted by Gasteiger charge is 2.35. The summed E-state index contributed by atoms with van der Waals surface area (Å²) in [5.41, 5.74) is 9.35. The maximum atomic E-state index is 12.1. The zero-order valence-corrected chi connectivity index (χ0v) is 16.0. The van der Waals surface area contributed by atoms with Gasteiger partial charge in [-0.3, -0.25) is 9.36 Å². The van der Waals surface area contributed by atoms with Crippen molar-refractivity contribution in [2.24, 2.45) is 7.05 Å². The summed E-state index contributed by atoms with van der Waals surface area (Å²) in [6, 6.07) is 4.11. The second kappa shape index (κ2) is 6.00. The van der Waals surface area contributed by atoms with E-state index in [9.17, 15) is 4.79 Å². The van der Waals surface area contributed by atoms with Gasteiger partial charge in [0.25, 0.3) is 0 Å². The number of likely N-dealkylation sites (tertiary alicyclic amines) is 1. The third-order valence-electron chi connectivity index (χ3n) is 4.72. The normalized spacial score (nSPS) is 15.2. The molecule has 0 spiro atoms. The molecule has 1 fully saturated rings. The minimum Gasteiger partial charge on any atom is -0.444 e. The van der Waals surface area contributed by atoms with Crippen LogP contribution in [0.5, 0.6) is 0 Å². The van der Waals surface area contributed by atoms with Crippen LogP contribution in [0, 0.1) is 0 Å². The lowest BCUT2D eigenvalue weighted by Crippen LogP contribution is -2.52. The number of fused-ring (bicyclic) bond motifs is 1. The minimum atomic E-state index is -0.483. The molecule has 2 aromatic heterocycles. The SMILES string of the molecule is Cn1ncc2cc(N)c(-c3cnn(C4CN(C(=O)OC(C)(C)C)C4)c3)cc21. The first-order valence-electron chi connectivity index (χ1n) is 8.95. The summed E-state index contributed by atoms with van der Waals surface area (Å²) in [6.45, 7) is 6.78. The molecule has 0 atom stereocenters. The molecule has 4 rings (SSSR count). The summed E-state index contributed by atoms with van der Waals surface area (Å²) >= 11 is 0. The van der Waals surface area contributed by atoms with Crippen molar-refractivity contribution in [2.75, 3.05) is 18.8 Å². The molecule has 0 radical (unpaired) electrons. The molecule has 142 valence electrons. The summed E-state index contributed by atoms with van der Waals surface area (Å²) < 4.78 is 9.11. The van der Waals surface area contributed by atoms with Gasteiger partial charge in [0, 0.05) is 48.5 Å². The molecule has 1 aliphatic rings. The number of ether oxygens (including phenoxy) is 1. The Labute approximate surface area is 157 Å². The van der Waals surface area contributed by atoms with Crippen LogP contribution in [-0.2, 0) is 11.8 Å². The zero-order valence-electron chi connectivity index (χ0n) is 16.0. The Morgan fingerprint density at radius 3 is 2.67 bits per heavy atom. The van der Waals surface area contributed by atoms with Crippen LogP contribution in [0.1, 0.15) is 26.8 Å². The molecule has 0 saturated carbocycles. The molecule has 2 N–H and O–H groups in total. The van der Waals surface area contributed by atoms with E-state index in [4.69, 9.17) is 10.5 Å². The number of carbonyl (C=O) groups excluding carboxylic acids is 1. The van der Waals surface area contributed by atoms with Gasteiger partial charge in [-0.15, -0.1) is 0 Å². The van der Waals surface area contributed by atoms with E-state index in [1.54, 1.807) is 11.1 Å². The maximum absolute atomic E-state index is 12.1. The Morgan fingerprint density at radius 2 is 1.96 bits per heavy atom. The van der Waals surface area contributed by atoms with Crippen molar-refractivity contribution < 1.29 is 9.53 Å². The summed E-state index contributed by atoms with van der Waals surface area (Å²) in [5.74, 6) is 0. The van der Waals surface area contributed by atoms with Crippen LogP contribution in [0.25, 0.3) is 22.0 Å². The molecule has 1 saturated heterocycles. The molecule has 0 aliphatic carbocycles. The number of carbonyl (C=O) groups is 1. The Kier molecular flexibility index (Phi) is 3.87. The van der Waals surface area contributed by atoms with E-state index < -0.39 is 5.60 Å². The molecule has 3 aromatic rings. The summed E-state index contributed by atoms with van der Waals surface area (Å²) in [4.78, 5) is 13.8. The first-order valence-corrected chi connectivity index (χ1v) is 8.95. The average Bonchev–Trinajstić information content (AvgIpc) is 3.11. The highest BCUT2D eigenvalue weighted by molar-refractivity contribution is 5.91. The molecule has 1 aliphatic heterocycles. The van der Waals surface area contributed by atoms with Crippen molar-refractivity contribution in [3.63, 3.8) is 0 Å². The van der Waals surface area contributed by atoms with Gasteiger partial charge in [0.2, 0.25) is 0 Å². The third-order valence-corrected chi connectivity index (χ3v) is 4.72. The van der Waals surface area contributed by atoms with Gasteiger partial charge in [0.05, 0.1) is 24.0 Å². The van der Waals surface area contributed by atoms with Crippen LogP contribution in [-0.4, -0.2) is 49.2 Å². The second-order valence-corrected chi connectivity index (χ2v) is 8.01. The Bertz CT molecular complexity index is 1010. The fourth-order valence-electron chi connectivity index (χ4n) is 3.24. The Morgan fingerprint density at radius 1 is 1.22 bits per heavy atom. The highest BCUT2D eigenvalue weighted by atomic mass is 16.6. The number of anilines is 1. The van der Waals surface area contributed by atoms with E-state index >= 15 is 0 Å². The number of nitrogens with zero attached hydrogens (tertiary/aromatic N) is 5. The first kappa shape index (κ1) is 17.4. The minimum absolute atomic E-state index is 0.146. The van der Waals surface area contributed by atoms with E-state index in [-0.39, 0.29) is 12.1 Å². The topological polar surface area (TPSA) is 91.2 Å². The van der Waals surface area contributed by atoms with Gasteiger partial charge in [-0.2, -0.15) is 10.2 Å². The molecule has 0 bridgehead atoms. The van der Waals surface area contributed by atoms with Crippen molar-refractivity contribution in [1.82, 2.24) is 24.5 Å². The maximum Gasteiger partial charge on any atom is 0.410 e. The summed E-state index contributed by atoms with van der Waals surface area (Å²) in [5, 5.41) is 9.75. The van der Waals surface area contributed by atoms with E-state index in [0.717, 1.165) is 22.0 Å². The average molecular weight is 368 g/mol. The fraction of sp³-hybridized carbons (Fsp3) is 0.421.